The van der Waals surface area contributed by atoms with Crippen LogP contribution in [0, 0.1) is 0 Å². The number of sulfonamides is 1. The van der Waals surface area contributed by atoms with Crippen molar-refractivity contribution < 1.29 is 18.3 Å². The fraction of sp³-hybridized carbons (Fsp3) is 0.545. The van der Waals surface area contributed by atoms with Crippen LogP contribution in [0.15, 0.2) is 22.0 Å². The molecule has 0 aromatic carbocycles. The highest BCUT2D eigenvalue weighted by Crippen LogP contribution is 2.22. The molecule has 7 nitrogen and oxygen atoms in total. The lowest BCUT2D eigenvalue weighted by atomic mass is 10.2. The number of H-pyrrole nitrogens is 1. The van der Waals surface area contributed by atoms with Crippen molar-refractivity contribution in [1.29, 1.82) is 0 Å². The maximum absolute atomic E-state index is 12.5. The molecule has 0 aliphatic carbocycles. The number of ether oxygens (including phenoxy) is 1. The van der Waals surface area contributed by atoms with Gasteiger partial charge in [0.1, 0.15) is 5.02 Å². The van der Waals surface area contributed by atoms with Gasteiger partial charge in [-0.3, -0.25) is 4.79 Å². The standard InChI is InChI=1S/C11H15ClN2O5S/c1-7-6-19-8(5-15)4-14(7)20(17,18)9-2-10(12)11(16)13-3-9/h2-3,7-8,15H,4-6H2,1H3,(H,13,16). The Hall–Kier alpha value is -0.930. The summed E-state index contributed by atoms with van der Waals surface area (Å²) in [5, 5.41) is 8.91. The van der Waals surface area contributed by atoms with Crippen LogP contribution in [0.25, 0.3) is 0 Å². The molecule has 0 radical (unpaired) electrons. The Morgan fingerprint density at radius 3 is 2.90 bits per heavy atom. The van der Waals surface area contributed by atoms with Gasteiger partial charge in [-0.2, -0.15) is 4.31 Å². The van der Waals surface area contributed by atoms with Crippen molar-refractivity contribution in [3.8, 4) is 0 Å². The quantitative estimate of drug-likeness (QED) is 0.802. The second-order valence-corrected chi connectivity index (χ2v) is 6.87. The van der Waals surface area contributed by atoms with Gasteiger partial charge in [0.05, 0.1) is 24.2 Å². The van der Waals surface area contributed by atoms with Crippen LogP contribution in [-0.2, 0) is 14.8 Å². The van der Waals surface area contributed by atoms with Gasteiger partial charge in [0.2, 0.25) is 10.0 Å². The first-order chi connectivity index (χ1) is 9.36. The molecule has 1 aromatic rings. The summed E-state index contributed by atoms with van der Waals surface area (Å²) >= 11 is 5.66. The molecule has 1 aliphatic rings. The number of aromatic amines is 1. The zero-order valence-corrected chi connectivity index (χ0v) is 12.3. The summed E-state index contributed by atoms with van der Waals surface area (Å²) in [5.74, 6) is 0. The van der Waals surface area contributed by atoms with E-state index < -0.39 is 21.7 Å². The molecule has 2 heterocycles. The van der Waals surface area contributed by atoms with Gasteiger partial charge < -0.3 is 14.8 Å². The van der Waals surface area contributed by atoms with Crippen LogP contribution in [0.5, 0.6) is 0 Å². The average molecular weight is 323 g/mol. The van der Waals surface area contributed by atoms with Gasteiger partial charge >= 0.3 is 0 Å². The van der Waals surface area contributed by atoms with E-state index in [1.54, 1.807) is 6.92 Å². The Kier molecular flexibility index (Phi) is 4.50. The van der Waals surface area contributed by atoms with Crippen LogP contribution in [0.1, 0.15) is 6.92 Å². The van der Waals surface area contributed by atoms with Crippen molar-refractivity contribution in [2.45, 2.75) is 24.0 Å². The zero-order valence-electron chi connectivity index (χ0n) is 10.7. The number of aromatic nitrogens is 1. The summed E-state index contributed by atoms with van der Waals surface area (Å²) in [6.07, 6.45) is 0.555. The number of halogens is 1. The third kappa shape index (κ3) is 2.89. The topological polar surface area (TPSA) is 99.7 Å². The summed E-state index contributed by atoms with van der Waals surface area (Å²) in [6.45, 7) is 1.70. The number of hydrogen-bond acceptors (Lipinski definition) is 5. The first kappa shape index (κ1) is 15.5. The number of rotatable bonds is 3. The molecular formula is C11H15ClN2O5S. The minimum absolute atomic E-state index is 0.0523. The third-order valence-electron chi connectivity index (χ3n) is 3.09. The molecule has 1 aromatic heterocycles. The van der Waals surface area contributed by atoms with E-state index in [1.165, 1.54) is 4.31 Å². The van der Waals surface area contributed by atoms with Gasteiger partial charge in [0.25, 0.3) is 5.56 Å². The van der Waals surface area contributed by atoms with Crippen LogP contribution in [0.4, 0.5) is 0 Å². The number of morpholine rings is 1. The molecule has 0 spiro atoms. The normalized spacial score (nSPS) is 24.8. The van der Waals surface area contributed by atoms with Crippen molar-refractivity contribution in [2.24, 2.45) is 0 Å². The molecule has 0 amide bonds. The first-order valence-electron chi connectivity index (χ1n) is 5.98. The number of nitrogens with zero attached hydrogens (tertiary/aromatic N) is 1. The Morgan fingerprint density at radius 2 is 2.30 bits per heavy atom. The summed E-state index contributed by atoms with van der Waals surface area (Å²) in [5.41, 5.74) is -0.547. The molecule has 0 bridgehead atoms. The van der Waals surface area contributed by atoms with Gasteiger partial charge in [0, 0.05) is 18.8 Å². The molecule has 2 atom stereocenters. The Labute approximate surface area is 121 Å². The number of nitrogens with one attached hydrogen (secondary N) is 1. The molecule has 112 valence electrons. The number of hydrogen-bond donors (Lipinski definition) is 2. The largest absolute Gasteiger partial charge is 0.394 e. The first-order valence-corrected chi connectivity index (χ1v) is 7.80. The van der Waals surface area contributed by atoms with Gasteiger partial charge in [0.15, 0.2) is 0 Å². The maximum atomic E-state index is 12.5. The van der Waals surface area contributed by atoms with Gasteiger partial charge in [-0.05, 0) is 13.0 Å². The van der Waals surface area contributed by atoms with Gasteiger partial charge in [-0.15, -0.1) is 0 Å². The van der Waals surface area contributed by atoms with Crippen molar-refractivity contribution >= 4 is 21.6 Å². The molecule has 2 N–H and O–H groups in total. The van der Waals surface area contributed by atoms with Crippen LogP contribution in [-0.4, -0.2) is 54.7 Å². The molecule has 0 saturated carbocycles. The SMILES string of the molecule is CC1COC(CO)CN1S(=O)(=O)c1c[nH]c(=O)c(Cl)c1. The summed E-state index contributed by atoms with van der Waals surface area (Å²) < 4.78 is 31.6. The van der Waals surface area contributed by atoms with Crippen molar-refractivity contribution in [3.05, 3.63) is 27.6 Å². The van der Waals surface area contributed by atoms with Crippen LogP contribution in [0.2, 0.25) is 5.02 Å². The summed E-state index contributed by atoms with van der Waals surface area (Å²) in [4.78, 5) is 13.4. The Balaban J connectivity index is 2.37. The third-order valence-corrected chi connectivity index (χ3v) is 5.33. The fourth-order valence-corrected chi connectivity index (χ4v) is 3.84. The second kappa shape index (κ2) is 5.82. The fourth-order valence-electron chi connectivity index (χ4n) is 1.96. The minimum atomic E-state index is -3.81. The highest BCUT2D eigenvalue weighted by molar-refractivity contribution is 7.89. The second-order valence-electron chi connectivity index (χ2n) is 4.57. The molecule has 2 rings (SSSR count). The molecule has 20 heavy (non-hydrogen) atoms. The van der Waals surface area contributed by atoms with E-state index in [4.69, 9.17) is 21.4 Å². The van der Waals surface area contributed by atoms with Crippen molar-refractivity contribution in [1.82, 2.24) is 9.29 Å². The predicted molar refractivity (Wildman–Crippen MR) is 72.3 cm³/mol. The molecule has 1 fully saturated rings. The van der Waals surface area contributed by atoms with E-state index in [9.17, 15) is 13.2 Å². The monoisotopic (exact) mass is 322 g/mol. The summed E-state index contributed by atoms with van der Waals surface area (Å²) in [7, 11) is -3.81. The lowest BCUT2D eigenvalue weighted by Crippen LogP contribution is -2.51. The van der Waals surface area contributed by atoms with Crippen LogP contribution >= 0.6 is 11.6 Å². The van der Waals surface area contributed by atoms with Crippen molar-refractivity contribution in [2.75, 3.05) is 19.8 Å². The van der Waals surface area contributed by atoms with Crippen LogP contribution < -0.4 is 5.56 Å². The smallest absolute Gasteiger partial charge is 0.266 e. The average Bonchev–Trinajstić information content (AvgIpc) is 2.42. The maximum Gasteiger partial charge on any atom is 0.266 e. The predicted octanol–water partition coefficient (Wildman–Crippen LogP) is -0.201. The minimum Gasteiger partial charge on any atom is -0.394 e. The summed E-state index contributed by atoms with van der Waals surface area (Å²) in [6, 6.07) is 0.750. The Morgan fingerprint density at radius 1 is 1.60 bits per heavy atom. The lowest BCUT2D eigenvalue weighted by molar-refractivity contribution is -0.0516. The van der Waals surface area contributed by atoms with Crippen molar-refractivity contribution in [3.63, 3.8) is 0 Å². The Bertz CT molecular complexity index is 644. The molecule has 2 unspecified atom stereocenters. The number of pyridine rings is 1. The van der Waals surface area contributed by atoms with E-state index in [1.807, 2.05) is 0 Å². The lowest BCUT2D eigenvalue weighted by Gasteiger charge is -2.36. The van der Waals surface area contributed by atoms with E-state index in [0.717, 1.165) is 12.3 Å². The van der Waals surface area contributed by atoms with E-state index in [-0.39, 0.29) is 35.7 Å². The highest BCUT2D eigenvalue weighted by atomic mass is 35.5. The molecule has 1 saturated heterocycles. The molecule has 9 heteroatoms. The molecular weight excluding hydrogens is 308 g/mol. The van der Waals surface area contributed by atoms with E-state index >= 15 is 0 Å². The van der Waals surface area contributed by atoms with Gasteiger partial charge in [-0.1, -0.05) is 11.6 Å². The van der Waals surface area contributed by atoms with E-state index in [0.29, 0.717) is 0 Å². The highest BCUT2D eigenvalue weighted by Gasteiger charge is 2.35. The van der Waals surface area contributed by atoms with E-state index in [2.05, 4.69) is 4.98 Å². The molecule has 1 aliphatic heterocycles. The number of aliphatic hydroxyl groups is 1. The number of aliphatic hydroxyl groups excluding tert-OH is 1. The van der Waals surface area contributed by atoms with Crippen LogP contribution in [0.3, 0.4) is 0 Å². The van der Waals surface area contributed by atoms with Gasteiger partial charge in [-0.25, -0.2) is 8.42 Å². The zero-order chi connectivity index (χ0) is 14.9.